The molecular formula is C25H26F3N7O. The van der Waals surface area contributed by atoms with E-state index < -0.39 is 6.36 Å². The van der Waals surface area contributed by atoms with Crippen LogP contribution in [0.2, 0.25) is 0 Å². The number of hydrogen-bond donors (Lipinski definition) is 0. The first-order valence-electron chi connectivity index (χ1n) is 11.6. The van der Waals surface area contributed by atoms with Gasteiger partial charge in [0, 0.05) is 50.0 Å². The maximum atomic E-state index is 12.4. The number of hydrogen-bond acceptors (Lipinski definition) is 6. The molecule has 0 atom stereocenters. The van der Waals surface area contributed by atoms with Crippen LogP contribution >= 0.6 is 0 Å². The Kier molecular flexibility index (Phi) is 6.40. The number of benzene rings is 1. The number of pyridine rings is 1. The minimum atomic E-state index is -4.72. The molecule has 0 amide bonds. The summed E-state index contributed by atoms with van der Waals surface area (Å²) < 4.78 is 44.8. The van der Waals surface area contributed by atoms with Crippen LogP contribution in [-0.4, -0.2) is 68.8 Å². The van der Waals surface area contributed by atoms with E-state index in [1.54, 1.807) is 17.1 Å². The molecule has 0 bridgehead atoms. The second-order valence-electron chi connectivity index (χ2n) is 8.85. The summed E-state index contributed by atoms with van der Waals surface area (Å²) in [5.41, 5.74) is 4.15. The first-order valence-corrected chi connectivity index (χ1v) is 11.6. The summed E-state index contributed by atoms with van der Waals surface area (Å²) in [5.74, 6) is 0.712. The fourth-order valence-electron chi connectivity index (χ4n) is 4.15. The molecule has 1 fully saturated rings. The monoisotopic (exact) mass is 497 g/mol. The van der Waals surface area contributed by atoms with Crippen molar-refractivity contribution in [3.63, 3.8) is 0 Å². The molecule has 0 saturated carbocycles. The third kappa shape index (κ3) is 5.51. The van der Waals surface area contributed by atoms with E-state index in [2.05, 4.69) is 37.6 Å². The predicted molar refractivity (Wildman–Crippen MR) is 129 cm³/mol. The fourth-order valence-corrected chi connectivity index (χ4v) is 4.15. The molecule has 11 heteroatoms. The van der Waals surface area contributed by atoms with E-state index in [-0.39, 0.29) is 5.75 Å². The van der Waals surface area contributed by atoms with Gasteiger partial charge in [0.15, 0.2) is 0 Å². The fraction of sp³-hybridized carbons (Fsp3) is 0.320. The van der Waals surface area contributed by atoms with Crippen LogP contribution in [0.15, 0.2) is 61.2 Å². The minimum absolute atomic E-state index is 0.271. The highest BCUT2D eigenvalue weighted by atomic mass is 19.4. The molecule has 1 aliphatic heterocycles. The Bertz CT molecular complexity index is 1320. The SMILES string of the molecule is Cc1cc(-c2cn(-c3ccc(OC(F)(F)F)cc3)cn2)nn1Cc1ccnc(N2CCN(C)CC2)c1. The number of rotatable bonds is 6. The molecule has 5 rings (SSSR count). The molecule has 0 spiro atoms. The molecule has 4 aromatic rings. The molecule has 1 aliphatic rings. The highest BCUT2D eigenvalue weighted by Crippen LogP contribution is 2.25. The lowest BCUT2D eigenvalue weighted by Crippen LogP contribution is -2.44. The van der Waals surface area contributed by atoms with Gasteiger partial charge < -0.3 is 19.1 Å². The van der Waals surface area contributed by atoms with Crippen molar-refractivity contribution in [1.29, 1.82) is 0 Å². The lowest BCUT2D eigenvalue weighted by molar-refractivity contribution is -0.274. The molecule has 36 heavy (non-hydrogen) atoms. The van der Waals surface area contributed by atoms with Gasteiger partial charge in [0.25, 0.3) is 0 Å². The number of likely N-dealkylation sites (N-methyl/N-ethyl adjacent to an activating group) is 1. The van der Waals surface area contributed by atoms with Crippen molar-refractivity contribution in [2.24, 2.45) is 0 Å². The highest BCUT2D eigenvalue weighted by molar-refractivity contribution is 5.55. The van der Waals surface area contributed by atoms with Crippen LogP contribution in [0, 0.1) is 6.92 Å². The quantitative estimate of drug-likeness (QED) is 0.399. The average molecular weight is 498 g/mol. The number of aryl methyl sites for hydroxylation is 1. The third-order valence-electron chi connectivity index (χ3n) is 6.16. The number of aromatic nitrogens is 5. The maximum Gasteiger partial charge on any atom is 0.573 e. The van der Waals surface area contributed by atoms with Crippen molar-refractivity contribution >= 4 is 5.82 Å². The Morgan fingerprint density at radius 1 is 0.944 bits per heavy atom. The number of anilines is 1. The third-order valence-corrected chi connectivity index (χ3v) is 6.16. The second kappa shape index (κ2) is 9.65. The number of nitrogens with zero attached hydrogens (tertiary/aromatic N) is 7. The van der Waals surface area contributed by atoms with Crippen molar-refractivity contribution in [3.8, 4) is 22.8 Å². The minimum Gasteiger partial charge on any atom is -0.406 e. The smallest absolute Gasteiger partial charge is 0.406 e. The lowest BCUT2D eigenvalue weighted by atomic mass is 10.2. The summed E-state index contributed by atoms with van der Waals surface area (Å²) >= 11 is 0. The summed E-state index contributed by atoms with van der Waals surface area (Å²) in [6.45, 7) is 6.56. The standard InChI is InChI=1S/C25H26F3N7O/c1-18-13-22(23-16-34(17-30-23)20-3-5-21(6-4-20)36-25(26,27)28)31-35(18)15-19-7-8-29-24(14-19)33-11-9-32(2)10-12-33/h3-8,13-14,16-17H,9-12,15H2,1-2H3. The first kappa shape index (κ1) is 23.9. The van der Waals surface area contributed by atoms with Gasteiger partial charge in [-0.3, -0.25) is 4.68 Å². The molecular weight excluding hydrogens is 471 g/mol. The van der Waals surface area contributed by atoms with Gasteiger partial charge in [-0.05, 0) is 62.0 Å². The molecule has 0 N–H and O–H groups in total. The maximum absolute atomic E-state index is 12.4. The van der Waals surface area contributed by atoms with Gasteiger partial charge in [0.1, 0.15) is 23.0 Å². The molecule has 1 aromatic carbocycles. The molecule has 188 valence electrons. The van der Waals surface area contributed by atoms with Gasteiger partial charge >= 0.3 is 6.36 Å². The van der Waals surface area contributed by atoms with Crippen LogP contribution < -0.4 is 9.64 Å². The van der Waals surface area contributed by atoms with Gasteiger partial charge in [-0.15, -0.1) is 13.2 Å². The Morgan fingerprint density at radius 3 is 2.42 bits per heavy atom. The second-order valence-corrected chi connectivity index (χ2v) is 8.85. The van der Waals surface area contributed by atoms with E-state index in [0.29, 0.717) is 17.9 Å². The lowest BCUT2D eigenvalue weighted by Gasteiger charge is -2.33. The summed E-state index contributed by atoms with van der Waals surface area (Å²) in [7, 11) is 2.13. The summed E-state index contributed by atoms with van der Waals surface area (Å²) in [4.78, 5) is 13.6. The molecule has 3 aromatic heterocycles. The van der Waals surface area contributed by atoms with Gasteiger partial charge in [-0.25, -0.2) is 9.97 Å². The van der Waals surface area contributed by atoms with Crippen LogP contribution in [-0.2, 0) is 6.54 Å². The van der Waals surface area contributed by atoms with Crippen LogP contribution in [0.1, 0.15) is 11.3 Å². The Labute approximate surface area is 206 Å². The van der Waals surface area contributed by atoms with Crippen LogP contribution in [0.5, 0.6) is 5.75 Å². The van der Waals surface area contributed by atoms with Crippen LogP contribution in [0.25, 0.3) is 17.1 Å². The van der Waals surface area contributed by atoms with E-state index in [4.69, 9.17) is 5.10 Å². The van der Waals surface area contributed by atoms with Gasteiger partial charge in [0.05, 0.1) is 12.9 Å². The predicted octanol–water partition coefficient (Wildman–Crippen LogP) is 4.14. The number of imidazole rings is 1. The number of halogens is 3. The van der Waals surface area contributed by atoms with E-state index in [9.17, 15) is 13.2 Å². The summed E-state index contributed by atoms with van der Waals surface area (Å²) in [6, 6.07) is 11.7. The van der Waals surface area contributed by atoms with E-state index in [1.807, 2.05) is 29.9 Å². The van der Waals surface area contributed by atoms with Crippen molar-refractivity contribution in [1.82, 2.24) is 29.2 Å². The number of piperazine rings is 1. The molecule has 0 unspecified atom stereocenters. The average Bonchev–Trinajstić information content (AvgIpc) is 3.47. The molecule has 8 nitrogen and oxygen atoms in total. The largest absolute Gasteiger partial charge is 0.573 e. The van der Waals surface area contributed by atoms with Crippen molar-refractivity contribution in [3.05, 3.63) is 72.4 Å². The van der Waals surface area contributed by atoms with Gasteiger partial charge in [-0.1, -0.05) is 0 Å². The van der Waals surface area contributed by atoms with E-state index >= 15 is 0 Å². The van der Waals surface area contributed by atoms with Crippen molar-refractivity contribution in [2.75, 3.05) is 38.1 Å². The Balaban J connectivity index is 1.29. The topological polar surface area (TPSA) is 64.2 Å². The summed E-state index contributed by atoms with van der Waals surface area (Å²) in [6.07, 6.45) is 0.524. The molecule has 4 heterocycles. The molecule has 0 aliphatic carbocycles. The zero-order chi connectivity index (χ0) is 25.3. The van der Waals surface area contributed by atoms with Crippen LogP contribution in [0.4, 0.5) is 19.0 Å². The van der Waals surface area contributed by atoms with Gasteiger partial charge in [0.2, 0.25) is 0 Å². The van der Waals surface area contributed by atoms with Crippen molar-refractivity contribution < 1.29 is 17.9 Å². The van der Waals surface area contributed by atoms with Crippen molar-refractivity contribution in [2.45, 2.75) is 19.8 Å². The van der Waals surface area contributed by atoms with Crippen LogP contribution in [0.3, 0.4) is 0 Å². The Hall–Kier alpha value is -3.86. The summed E-state index contributed by atoms with van der Waals surface area (Å²) in [5, 5.41) is 4.74. The normalized spacial score (nSPS) is 14.9. The number of alkyl halides is 3. The first-order chi connectivity index (χ1) is 17.2. The Morgan fingerprint density at radius 2 is 1.69 bits per heavy atom. The zero-order valence-electron chi connectivity index (χ0n) is 20.0. The van der Waals surface area contributed by atoms with Gasteiger partial charge in [-0.2, -0.15) is 5.10 Å². The highest BCUT2D eigenvalue weighted by Gasteiger charge is 2.31. The molecule has 0 radical (unpaired) electrons. The van der Waals surface area contributed by atoms with E-state index in [0.717, 1.165) is 48.9 Å². The van der Waals surface area contributed by atoms with E-state index in [1.165, 1.54) is 24.3 Å². The zero-order valence-corrected chi connectivity index (χ0v) is 20.0. The number of ether oxygens (including phenoxy) is 1. The molecule has 1 saturated heterocycles.